The van der Waals surface area contributed by atoms with Gasteiger partial charge in [0, 0.05) is 51.4 Å². The molecule has 0 N–H and O–H groups in total. The normalized spacial score (nSPS) is 22.5. The Kier molecular flexibility index (Phi) is 7.88. The number of morpholine rings is 1. The van der Waals surface area contributed by atoms with Crippen LogP contribution >= 0.6 is 0 Å². The van der Waals surface area contributed by atoms with E-state index in [2.05, 4.69) is 4.90 Å². The molecule has 2 fully saturated rings. The number of carbonyl (C=O) groups is 1. The molecular formula is C25H33N3O5S. The lowest BCUT2D eigenvalue weighted by molar-refractivity contribution is -0.0440. The molecule has 0 radical (unpaired) electrons. The average Bonchev–Trinajstić information content (AvgIpc) is 2.84. The average molecular weight is 488 g/mol. The van der Waals surface area contributed by atoms with Crippen molar-refractivity contribution in [2.24, 2.45) is 0 Å². The Balaban J connectivity index is 1.28. The summed E-state index contributed by atoms with van der Waals surface area (Å²) in [7, 11) is -3.62. The number of para-hydroxylation sites is 1. The number of benzene rings is 2. The summed E-state index contributed by atoms with van der Waals surface area (Å²) in [5.41, 5.74) is 0.503. The summed E-state index contributed by atoms with van der Waals surface area (Å²) in [5.74, 6) is 0.789. The van der Waals surface area contributed by atoms with E-state index in [-0.39, 0.29) is 23.0 Å². The molecule has 2 saturated heterocycles. The second-order valence-electron chi connectivity index (χ2n) is 8.90. The Morgan fingerprint density at radius 3 is 2.18 bits per heavy atom. The van der Waals surface area contributed by atoms with Crippen molar-refractivity contribution in [1.82, 2.24) is 14.1 Å². The summed E-state index contributed by atoms with van der Waals surface area (Å²) in [6.07, 6.45) is -0.300. The molecule has 184 valence electrons. The van der Waals surface area contributed by atoms with E-state index in [9.17, 15) is 13.2 Å². The lowest BCUT2D eigenvalue weighted by Gasteiger charge is -2.35. The number of sulfonamides is 1. The van der Waals surface area contributed by atoms with Crippen LogP contribution in [0, 0.1) is 0 Å². The maximum atomic E-state index is 13.0. The highest BCUT2D eigenvalue weighted by Gasteiger charge is 2.32. The van der Waals surface area contributed by atoms with Crippen LogP contribution < -0.4 is 4.74 Å². The number of piperazine rings is 1. The highest BCUT2D eigenvalue weighted by atomic mass is 32.2. The summed E-state index contributed by atoms with van der Waals surface area (Å²) < 4.78 is 38.9. The molecule has 2 aromatic rings. The molecule has 2 aliphatic rings. The molecule has 2 unspecified atom stereocenters. The fourth-order valence-electron chi connectivity index (χ4n) is 4.41. The van der Waals surface area contributed by atoms with Crippen molar-refractivity contribution in [2.45, 2.75) is 31.0 Å². The monoisotopic (exact) mass is 487 g/mol. The van der Waals surface area contributed by atoms with E-state index in [0.29, 0.717) is 38.3 Å². The predicted molar refractivity (Wildman–Crippen MR) is 129 cm³/mol. The minimum absolute atomic E-state index is 0.0715. The fraction of sp³-hybridized carbons (Fsp3) is 0.480. The lowest BCUT2D eigenvalue weighted by atomic mass is 10.2. The first-order valence-corrected chi connectivity index (χ1v) is 13.2. The quantitative estimate of drug-likeness (QED) is 0.597. The summed E-state index contributed by atoms with van der Waals surface area (Å²) in [5, 5.41) is 0. The SMILES string of the molecule is CC1CN(S(=O)(=O)c2ccc(C(=O)N3CCN(CCOc4ccccc4)CC3)cc2)CC(C)O1. The maximum Gasteiger partial charge on any atom is 0.253 e. The van der Waals surface area contributed by atoms with E-state index in [1.165, 1.54) is 16.4 Å². The molecule has 0 aliphatic carbocycles. The van der Waals surface area contributed by atoms with Gasteiger partial charge in [-0.25, -0.2) is 8.42 Å². The van der Waals surface area contributed by atoms with E-state index in [1.54, 1.807) is 12.1 Å². The van der Waals surface area contributed by atoms with Crippen molar-refractivity contribution >= 4 is 15.9 Å². The Morgan fingerprint density at radius 2 is 1.56 bits per heavy atom. The Bertz CT molecular complexity index is 1040. The zero-order chi connectivity index (χ0) is 24.1. The van der Waals surface area contributed by atoms with Crippen molar-refractivity contribution in [2.75, 3.05) is 52.4 Å². The third kappa shape index (κ3) is 5.96. The number of hydrogen-bond donors (Lipinski definition) is 0. The van der Waals surface area contributed by atoms with E-state index in [0.717, 1.165) is 25.4 Å². The van der Waals surface area contributed by atoms with Crippen molar-refractivity contribution in [3.63, 3.8) is 0 Å². The van der Waals surface area contributed by atoms with Gasteiger partial charge in [0.25, 0.3) is 5.91 Å². The summed E-state index contributed by atoms with van der Waals surface area (Å²) >= 11 is 0. The molecule has 2 atom stereocenters. The largest absolute Gasteiger partial charge is 0.492 e. The summed E-state index contributed by atoms with van der Waals surface area (Å²) in [6, 6.07) is 16.0. The summed E-state index contributed by atoms with van der Waals surface area (Å²) in [4.78, 5) is 17.3. The molecule has 8 nitrogen and oxygen atoms in total. The first kappa shape index (κ1) is 24.7. The number of rotatable bonds is 7. The third-order valence-electron chi connectivity index (χ3n) is 6.20. The van der Waals surface area contributed by atoms with Crippen LogP contribution in [0.5, 0.6) is 5.75 Å². The van der Waals surface area contributed by atoms with Crippen LogP contribution in [0.15, 0.2) is 59.5 Å². The maximum absolute atomic E-state index is 13.0. The molecule has 2 aliphatic heterocycles. The first-order valence-electron chi connectivity index (χ1n) is 11.8. The zero-order valence-electron chi connectivity index (χ0n) is 19.8. The molecule has 4 rings (SSSR count). The van der Waals surface area contributed by atoms with E-state index >= 15 is 0 Å². The minimum Gasteiger partial charge on any atom is -0.492 e. The number of nitrogens with zero attached hydrogens (tertiary/aromatic N) is 3. The second-order valence-corrected chi connectivity index (χ2v) is 10.8. The van der Waals surface area contributed by atoms with Gasteiger partial charge in [0.15, 0.2) is 0 Å². The van der Waals surface area contributed by atoms with Crippen molar-refractivity contribution in [1.29, 1.82) is 0 Å². The molecule has 9 heteroatoms. The molecule has 1 amide bonds. The molecule has 2 aromatic carbocycles. The van der Waals surface area contributed by atoms with Crippen molar-refractivity contribution in [3.8, 4) is 5.75 Å². The molecule has 2 heterocycles. The molecular weight excluding hydrogens is 454 g/mol. The molecule has 0 saturated carbocycles. The van der Waals surface area contributed by atoms with Gasteiger partial charge in [-0.05, 0) is 50.2 Å². The number of carbonyl (C=O) groups excluding carboxylic acids is 1. The van der Waals surface area contributed by atoms with Crippen LogP contribution in [0.1, 0.15) is 24.2 Å². The number of ether oxygens (including phenoxy) is 2. The van der Waals surface area contributed by atoms with E-state index in [4.69, 9.17) is 9.47 Å². The van der Waals surface area contributed by atoms with Gasteiger partial charge in [0.1, 0.15) is 12.4 Å². The van der Waals surface area contributed by atoms with Crippen LogP contribution in [0.4, 0.5) is 0 Å². The third-order valence-corrected chi connectivity index (χ3v) is 8.05. The van der Waals surface area contributed by atoms with Crippen LogP contribution in [0.25, 0.3) is 0 Å². The van der Waals surface area contributed by atoms with Gasteiger partial charge >= 0.3 is 0 Å². The Labute approximate surface area is 202 Å². The molecule has 0 aromatic heterocycles. The number of amides is 1. The van der Waals surface area contributed by atoms with Crippen molar-refractivity contribution < 1.29 is 22.7 Å². The smallest absolute Gasteiger partial charge is 0.253 e. The van der Waals surface area contributed by atoms with Gasteiger partial charge in [-0.15, -0.1) is 0 Å². The van der Waals surface area contributed by atoms with Crippen LogP contribution in [-0.4, -0.2) is 93.1 Å². The van der Waals surface area contributed by atoms with E-state index in [1.807, 2.05) is 49.1 Å². The van der Waals surface area contributed by atoms with Gasteiger partial charge in [0.2, 0.25) is 10.0 Å². The fourth-order valence-corrected chi connectivity index (χ4v) is 6.00. The second kappa shape index (κ2) is 10.9. The van der Waals surface area contributed by atoms with Gasteiger partial charge < -0.3 is 14.4 Å². The topological polar surface area (TPSA) is 79.4 Å². The standard InChI is InChI=1S/C25H33N3O5S/c1-20-18-28(19-21(2)33-20)34(30,31)24-10-8-22(9-11-24)25(29)27-14-12-26(13-15-27)16-17-32-23-6-4-3-5-7-23/h3-11,20-21H,12-19H2,1-2H3. The molecule has 34 heavy (non-hydrogen) atoms. The Morgan fingerprint density at radius 1 is 0.941 bits per heavy atom. The van der Waals surface area contributed by atoms with Gasteiger partial charge in [-0.1, -0.05) is 18.2 Å². The Hall–Kier alpha value is -2.46. The molecule has 0 bridgehead atoms. The predicted octanol–water partition coefficient (Wildman–Crippen LogP) is 2.32. The van der Waals surface area contributed by atoms with Crippen LogP contribution in [-0.2, 0) is 14.8 Å². The van der Waals surface area contributed by atoms with Gasteiger partial charge in [-0.3, -0.25) is 9.69 Å². The van der Waals surface area contributed by atoms with Gasteiger partial charge in [0.05, 0.1) is 17.1 Å². The van der Waals surface area contributed by atoms with Crippen LogP contribution in [0.3, 0.4) is 0 Å². The summed E-state index contributed by atoms with van der Waals surface area (Å²) in [6.45, 7) is 8.64. The first-order chi connectivity index (χ1) is 16.3. The van der Waals surface area contributed by atoms with Crippen LogP contribution in [0.2, 0.25) is 0 Å². The van der Waals surface area contributed by atoms with E-state index < -0.39 is 10.0 Å². The zero-order valence-corrected chi connectivity index (χ0v) is 20.6. The van der Waals surface area contributed by atoms with Gasteiger partial charge in [-0.2, -0.15) is 4.31 Å². The minimum atomic E-state index is -3.62. The highest BCUT2D eigenvalue weighted by molar-refractivity contribution is 7.89. The highest BCUT2D eigenvalue weighted by Crippen LogP contribution is 2.22. The number of hydrogen-bond acceptors (Lipinski definition) is 6. The van der Waals surface area contributed by atoms with Crippen molar-refractivity contribution in [3.05, 3.63) is 60.2 Å². The molecule has 0 spiro atoms. The lowest BCUT2D eigenvalue weighted by Crippen LogP contribution is -2.49.